The zero-order valence-electron chi connectivity index (χ0n) is 9.42. The second-order valence-electron chi connectivity index (χ2n) is 3.52. The predicted molar refractivity (Wildman–Crippen MR) is 64.0 cm³/mol. The summed E-state index contributed by atoms with van der Waals surface area (Å²) in [6.07, 6.45) is 0. The fourth-order valence-electron chi connectivity index (χ4n) is 1.26. The molecule has 0 saturated heterocycles. The van der Waals surface area contributed by atoms with Crippen LogP contribution >= 0.6 is 11.8 Å². The van der Waals surface area contributed by atoms with Crippen molar-refractivity contribution in [3.8, 4) is 0 Å². The van der Waals surface area contributed by atoms with Gasteiger partial charge in [0, 0.05) is 4.90 Å². The molecule has 1 aromatic carbocycles. The van der Waals surface area contributed by atoms with Crippen molar-refractivity contribution in [2.75, 3.05) is 0 Å². The number of nitrogens with two attached hydrogens (primary N) is 1. The highest BCUT2D eigenvalue weighted by atomic mass is 32.2. The van der Waals surface area contributed by atoms with Crippen molar-refractivity contribution in [1.82, 2.24) is 10.1 Å². The summed E-state index contributed by atoms with van der Waals surface area (Å²) in [5.74, 6) is 6.62. The molecule has 0 aliphatic rings. The maximum absolute atomic E-state index is 4.93. The predicted octanol–water partition coefficient (Wildman–Crippen LogP) is 2.06. The topological polar surface area (TPSA) is 74.2 Å². The highest BCUT2D eigenvalue weighted by molar-refractivity contribution is 7.98. The first-order chi connectivity index (χ1) is 8.28. The molecular formula is C11H13N3O2S. The first-order valence-corrected chi connectivity index (χ1v) is 6.09. The van der Waals surface area contributed by atoms with Crippen molar-refractivity contribution >= 4 is 11.8 Å². The Balaban J connectivity index is 1.90. The van der Waals surface area contributed by atoms with Crippen molar-refractivity contribution < 1.29 is 9.36 Å². The summed E-state index contributed by atoms with van der Waals surface area (Å²) >= 11 is 1.66. The molecule has 0 unspecified atom stereocenters. The SMILES string of the molecule is Cc1ccc(SCc2noc(CON)n2)cc1. The van der Waals surface area contributed by atoms with Gasteiger partial charge in [0.2, 0.25) is 0 Å². The van der Waals surface area contributed by atoms with Gasteiger partial charge in [0.15, 0.2) is 5.82 Å². The van der Waals surface area contributed by atoms with Crippen molar-refractivity contribution in [2.45, 2.75) is 24.2 Å². The lowest BCUT2D eigenvalue weighted by atomic mass is 10.2. The van der Waals surface area contributed by atoms with E-state index in [0.29, 0.717) is 17.5 Å². The summed E-state index contributed by atoms with van der Waals surface area (Å²) in [5, 5.41) is 3.82. The molecule has 1 aromatic heterocycles. The van der Waals surface area contributed by atoms with Crippen molar-refractivity contribution in [2.24, 2.45) is 5.90 Å². The summed E-state index contributed by atoms with van der Waals surface area (Å²) in [4.78, 5) is 9.72. The first-order valence-electron chi connectivity index (χ1n) is 5.10. The molecule has 2 N–H and O–H groups in total. The van der Waals surface area contributed by atoms with Crippen molar-refractivity contribution in [3.05, 3.63) is 41.5 Å². The Kier molecular flexibility index (Phi) is 4.13. The van der Waals surface area contributed by atoms with E-state index < -0.39 is 0 Å². The van der Waals surface area contributed by atoms with Gasteiger partial charge in [-0.15, -0.1) is 11.8 Å². The quantitative estimate of drug-likeness (QED) is 0.647. The maximum Gasteiger partial charge on any atom is 0.254 e. The Morgan fingerprint density at radius 3 is 2.82 bits per heavy atom. The van der Waals surface area contributed by atoms with Gasteiger partial charge in [-0.3, -0.25) is 4.84 Å². The molecule has 0 atom stereocenters. The molecule has 0 amide bonds. The minimum Gasteiger partial charge on any atom is -0.337 e. The van der Waals surface area contributed by atoms with Crippen LogP contribution < -0.4 is 5.90 Å². The molecule has 0 spiro atoms. The van der Waals surface area contributed by atoms with Crippen molar-refractivity contribution in [1.29, 1.82) is 0 Å². The van der Waals surface area contributed by atoms with Gasteiger partial charge in [-0.1, -0.05) is 22.9 Å². The molecule has 2 rings (SSSR count). The Labute approximate surface area is 103 Å². The minimum atomic E-state index is 0.141. The Bertz CT molecular complexity index is 470. The number of hydrogen-bond acceptors (Lipinski definition) is 6. The second-order valence-corrected chi connectivity index (χ2v) is 4.57. The summed E-state index contributed by atoms with van der Waals surface area (Å²) < 4.78 is 4.93. The number of hydrogen-bond donors (Lipinski definition) is 1. The molecule has 0 bridgehead atoms. The van der Waals surface area contributed by atoms with Gasteiger partial charge in [0.1, 0.15) is 6.61 Å². The molecule has 90 valence electrons. The van der Waals surface area contributed by atoms with Gasteiger partial charge < -0.3 is 4.52 Å². The van der Waals surface area contributed by atoms with Gasteiger partial charge in [-0.25, -0.2) is 5.90 Å². The highest BCUT2D eigenvalue weighted by Gasteiger charge is 2.06. The summed E-state index contributed by atoms with van der Waals surface area (Å²) in [6.45, 7) is 2.20. The van der Waals surface area contributed by atoms with Crippen LogP contribution in [0.1, 0.15) is 17.3 Å². The fraction of sp³-hybridized carbons (Fsp3) is 0.273. The fourth-order valence-corrected chi connectivity index (χ4v) is 2.00. The third-order valence-corrected chi connectivity index (χ3v) is 3.11. The lowest BCUT2D eigenvalue weighted by Crippen LogP contribution is -1.98. The third-order valence-electron chi connectivity index (χ3n) is 2.11. The van der Waals surface area contributed by atoms with Crippen LogP contribution in [0.2, 0.25) is 0 Å². The van der Waals surface area contributed by atoms with E-state index in [1.807, 2.05) is 0 Å². The van der Waals surface area contributed by atoms with Gasteiger partial charge in [0.05, 0.1) is 5.75 Å². The number of benzene rings is 1. The molecule has 0 aliphatic heterocycles. The normalized spacial score (nSPS) is 10.7. The molecule has 1 heterocycles. The van der Waals surface area contributed by atoms with Gasteiger partial charge in [-0.2, -0.15) is 4.98 Å². The van der Waals surface area contributed by atoms with Crippen LogP contribution in [0.25, 0.3) is 0 Å². The van der Waals surface area contributed by atoms with E-state index in [9.17, 15) is 0 Å². The number of aryl methyl sites for hydroxylation is 1. The Morgan fingerprint density at radius 1 is 1.35 bits per heavy atom. The average Bonchev–Trinajstić information content (AvgIpc) is 2.77. The second kappa shape index (κ2) is 5.81. The zero-order valence-corrected chi connectivity index (χ0v) is 10.2. The number of aromatic nitrogens is 2. The summed E-state index contributed by atoms with van der Waals surface area (Å²) in [6, 6.07) is 8.30. The van der Waals surface area contributed by atoms with E-state index in [1.165, 1.54) is 10.5 Å². The summed E-state index contributed by atoms with van der Waals surface area (Å²) in [5.41, 5.74) is 1.25. The molecule has 5 nitrogen and oxygen atoms in total. The monoisotopic (exact) mass is 251 g/mol. The van der Waals surface area contributed by atoms with Crippen LogP contribution in [0.15, 0.2) is 33.7 Å². The molecule has 6 heteroatoms. The van der Waals surface area contributed by atoms with Crippen LogP contribution in [0.5, 0.6) is 0 Å². The molecule has 0 radical (unpaired) electrons. The Morgan fingerprint density at radius 2 is 2.12 bits per heavy atom. The van der Waals surface area contributed by atoms with Crippen molar-refractivity contribution in [3.63, 3.8) is 0 Å². The van der Waals surface area contributed by atoms with Crippen LogP contribution in [-0.2, 0) is 17.2 Å². The zero-order chi connectivity index (χ0) is 12.1. The van der Waals surface area contributed by atoms with Crippen LogP contribution in [0.3, 0.4) is 0 Å². The van der Waals surface area contributed by atoms with Gasteiger partial charge in [0.25, 0.3) is 5.89 Å². The van der Waals surface area contributed by atoms with E-state index in [1.54, 1.807) is 11.8 Å². The van der Waals surface area contributed by atoms with Gasteiger partial charge >= 0.3 is 0 Å². The minimum absolute atomic E-state index is 0.141. The first kappa shape index (κ1) is 12.1. The smallest absolute Gasteiger partial charge is 0.254 e. The number of thioether (sulfide) groups is 1. The van der Waals surface area contributed by atoms with Crippen LogP contribution in [-0.4, -0.2) is 10.1 Å². The maximum atomic E-state index is 4.93. The standard InChI is InChI=1S/C11H13N3O2S/c1-8-2-4-9(5-3-8)17-7-10-13-11(6-15-12)16-14-10/h2-5H,6-7,12H2,1H3. The van der Waals surface area contributed by atoms with E-state index in [-0.39, 0.29) is 6.61 Å². The lowest BCUT2D eigenvalue weighted by molar-refractivity contribution is 0.0995. The number of rotatable bonds is 5. The van der Waals surface area contributed by atoms with Crippen LogP contribution in [0.4, 0.5) is 0 Å². The number of nitrogens with zero attached hydrogens (tertiary/aromatic N) is 2. The molecule has 2 aromatic rings. The summed E-state index contributed by atoms with van der Waals surface area (Å²) in [7, 11) is 0. The van der Waals surface area contributed by atoms with Crippen LogP contribution in [0, 0.1) is 6.92 Å². The average molecular weight is 251 g/mol. The van der Waals surface area contributed by atoms with E-state index in [0.717, 1.165) is 0 Å². The third kappa shape index (κ3) is 3.55. The molecule has 0 fully saturated rings. The molecular weight excluding hydrogens is 238 g/mol. The van der Waals surface area contributed by atoms with Gasteiger partial charge in [-0.05, 0) is 19.1 Å². The lowest BCUT2D eigenvalue weighted by Gasteiger charge is -1.98. The van der Waals surface area contributed by atoms with E-state index in [4.69, 9.17) is 10.4 Å². The molecule has 0 saturated carbocycles. The highest BCUT2D eigenvalue weighted by Crippen LogP contribution is 2.21. The largest absolute Gasteiger partial charge is 0.337 e. The molecule has 0 aliphatic carbocycles. The van der Waals surface area contributed by atoms with E-state index >= 15 is 0 Å². The Hall–Kier alpha value is -1.37. The van der Waals surface area contributed by atoms with E-state index in [2.05, 4.69) is 46.2 Å². The molecule has 17 heavy (non-hydrogen) atoms.